The van der Waals surface area contributed by atoms with Crippen molar-refractivity contribution in [1.82, 2.24) is 9.97 Å². The van der Waals surface area contributed by atoms with Crippen LogP contribution in [0, 0.1) is 6.92 Å². The summed E-state index contributed by atoms with van der Waals surface area (Å²) in [7, 11) is 0. The normalized spacial score (nSPS) is 10.6. The molecular weight excluding hydrogens is 380 g/mol. The van der Waals surface area contributed by atoms with Gasteiger partial charge in [0.05, 0.1) is 11.4 Å². The van der Waals surface area contributed by atoms with Crippen LogP contribution in [0.3, 0.4) is 0 Å². The minimum absolute atomic E-state index is 0.134. The zero-order chi connectivity index (χ0) is 13.1. The van der Waals surface area contributed by atoms with Gasteiger partial charge in [-0.15, -0.1) is 11.8 Å². The van der Waals surface area contributed by atoms with Gasteiger partial charge >= 0.3 is 0 Å². The minimum atomic E-state index is -0.134. The fourth-order valence-electron chi connectivity index (χ4n) is 1.41. The molecule has 2 rings (SSSR count). The van der Waals surface area contributed by atoms with E-state index >= 15 is 0 Å². The summed E-state index contributed by atoms with van der Waals surface area (Å²) in [5.41, 5.74) is 0.576. The lowest BCUT2D eigenvalue weighted by atomic mass is 10.4. The van der Waals surface area contributed by atoms with Crippen molar-refractivity contribution in [3.05, 3.63) is 55.1 Å². The maximum Gasteiger partial charge on any atom is 0.265 e. The third kappa shape index (κ3) is 3.24. The van der Waals surface area contributed by atoms with Crippen molar-refractivity contribution in [2.45, 2.75) is 17.6 Å². The molecule has 0 fully saturated rings. The molecule has 0 unspecified atom stereocenters. The fourth-order valence-corrected chi connectivity index (χ4v) is 3.03. The number of aromatic amines is 1. The number of halogens is 2. The van der Waals surface area contributed by atoms with Crippen LogP contribution >= 0.6 is 43.6 Å². The number of H-pyrrole nitrogens is 1. The topological polar surface area (TPSA) is 45.8 Å². The van der Waals surface area contributed by atoms with Crippen LogP contribution in [-0.2, 0) is 5.75 Å². The number of nitrogens with one attached hydrogen (secondary N) is 1. The summed E-state index contributed by atoms with van der Waals surface area (Å²) >= 11 is 8.32. The van der Waals surface area contributed by atoms with E-state index in [9.17, 15) is 4.79 Å². The highest BCUT2D eigenvalue weighted by Gasteiger charge is 2.06. The van der Waals surface area contributed by atoms with Crippen molar-refractivity contribution < 1.29 is 0 Å². The molecule has 0 saturated carbocycles. The predicted molar refractivity (Wildman–Crippen MR) is 81.0 cm³/mol. The van der Waals surface area contributed by atoms with Gasteiger partial charge in [-0.2, -0.15) is 0 Å². The Morgan fingerprint density at radius 2 is 2.06 bits per heavy atom. The number of thioether (sulfide) groups is 1. The van der Waals surface area contributed by atoms with Crippen LogP contribution in [0.2, 0.25) is 0 Å². The Balaban J connectivity index is 2.17. The third-order valence-electron chi connectivity index (χ3n) is 2.28. The highest BCUT2D eigenvalue weighted by molar-refractivity contribution is 9.10. The van der Waals surface area contributed by atoms with Crippen LogP contribution in [0.15, 0.2) is 42.9 Å². The maximum atomic E-state index is 11.6. The molecule has 0 bridgehead atoms. The van der Waals surface area contributed by atoms with Gasteiger partial charge in [0.15, 0.2) is 0 Å². The summed E-state index contributed by atoms with van der Waals surface area (Å²) in [6.45, 7) is 1.81. The molecule has 1 aromatic carbocycles. The van der Waals surface area contributed by atoms with Gasteiger partial charge in [0.2, 0.25) is 0 Å². The van der Waals surface area contributed by atoms with Gasteiger partial charge in [0.25, 0.3) is 5.56 Å². The first kappa shape index (κ1) is 13.8. The van der Waals surface area contributed by atoms with Crippen molar-refractivity contribution >= 4 is 43.6 Å². The minimum Gasteiger partial charge on any atom is -0.309 e. The van der Waals surface area contributed by atoms with Crippen LogP contribution < -0.4 is 5.56 Å². The third-order valence-corrected chi connectivity index (χ3v) is 5.25. The number of benzene rings is 1. The molecule has 0 aliphatic carbocycles. The molecule has 0 atom stereocenters. The molecule has 0 saturated heterocycles. The number of hydrogen-bond donors (Lipinski definition) is 1. The van der Waals surface area contributed by atoms with Crippen LogP contribution in [0.25, 0.3) is 0 Å². The molecule has 6 heteroatoms. The first-order valence-electron chi connectivity index (χ1n) is 5.20. The SMILES string of the molecule is Cc1nc(CSc2ccccc2Br)[nH]c(=O)c1Br. The molecule has 3 nitrogen and oxygen atoms in total. The van der Waals surface area contributed by atoms with Crippen molar-refractivity contribution in [1.29, 1.82) is 0 Å². The number of rotatable bonds is 3. The summed E-state index contributed by atoms with van der Waals surface area (Å²) in [4.78, 5) is 19.8. The van der Waals surface area contributed by atoms with Crippen molar-refractivity contribution in [3.63, 3.8) is 0 Å². The van der Waals surface area contributed by atoms with Gasteiger partial charge in [-0.1, -0.05) is 12.1 Å². The van der Waals surface area contributed by atoms with Gasteiger partial charge in [-0.3, -0.25) is 4.79 Å². The quantitative estimate of drug-likeness (QED) is 0.809. The fraction of sp³-hybridized carbons (Fsp3) is 0.167. The molecule has 0 aliphatic heterocycles. The molecule has 94 valence electrons. The molecular formula is C12H10Br2N2OS. The van der Waals surface area contributed by atoms with E-state index in [1.54, 1.807) is 11.8 Å². The van der Waals surface area contributed by atoms with Crippen molar-refractivity contribution in [2.24, 2.45) is 0 Å². The van der Waals surface area contributed by atoms with Gasteiger partial charge in [-0.25, -0.2) is 4.98 Å². The van der Waals surface area contributed by atoms with Crippen molar-refractivity contribution in [2.75, 3.05) is 0 Å². The molecule has 0 amide bonds. The number of nitrogens with zero attached hydrogens (tertiary/aromatic N) is 1. The summed E-state index contributed by atoms with van der Waals surface area (Å²) in [6.07, 6.45) is 0. The highest BCUT2D eigenvalue weighted by atomic mass is 79.9. The average Bonchev–Trinajstić information content (AvgIpc) is 2.35. The number of hydrogen-bond acceptors (Lipinski definition) is 3. The maximum absolute atomic E-state index is 11.6. The first-order chi connectivity index (χ1) is 8.58. The Kier molecular flexibility index (Phi) is 4.64. The number of aromatic nitrogens is 2. The summed E-state index contributed by atoms with van der Waals surface area (Å²) in [5.74, 6) is 1.31. The summed E-state index contributed by atoms with van der Waals surface area (Å²) in [5, 5.41) is 0. The lowest BCUT2D eigenvalue weighted by Gasteiger charge is -2.05. The van der Waals surface area contributed by atoms with E-state index < -0.39 is 0 Å². The van der Waals surface area contributed by atoms with Crippen LogP contribution in [0.4, 0.5) is 0 Å². The zero-order valence-electron chi connectivity index (χ0n) is 9.54. The van der Waals surface area contributed by atoms with Crippen molar-refractivity contribution in [3.8, 4) is 0 Å². The second-order valence-corrected chi connectivity index (χ2v) is 6.30. The Hall–Kier alpha value is -0.590. The van der Waals surface area contributed by atoms with Crippen LogP contribution in [-0.4, -0.2) is 9.97 Å². The van der Waals surface area contributed by atoms with Gasteiger partial charge < -0.3 is 4.98 Å². The van der Waals surface area contributed by atoms with E-state index in [1.807, 2.05) is 31.2 Å². The molecule has 18 heavy (non-hydrogen) atoms. The summed E-state index contributed by atoms with van der Waals surface area (Å²) in [6, 6.07) is 7.97. The van der Waals surface area contributed by atoms with E-state index in [-0.39, 0.29) is 5.56 Å². The molecule has 1 heterocycles. The Morgan fingerprint density at radius 1 is 1.33 bits per heavy atom. The lowest BCUT2D eigenvalue weighted by molar-refractivity contribution is 0.954. The Bertz CT molecular complexity index is 628. The molecule has 0 radical (unpaired) electrons. The first-order valence-corrected chi connectivity index (χ1v) is 7.77. The predicted octanol–water partition coefficient (Wildman–Crippen LogP) is 3.90. The van der Waals surface area contributed by atoms with Gasteiger partial charge in [-0.05, 0) is 50.9 Å². The summed E-state index contributed by atoms with van der Waals surface area (Å²) < 4.78 is 1.54. The van der Waals surface area contributed by atoms with E-state index in [0.29, 0.717) is 21.7 Å². The number of aryl methyl sites for hydroxylation is 1. The highest BCUT2D eigenvalue weighted by Crippen LogP contribution is 2.28. The Morgan fingerprint density at radius 3 is 2.72 bits per heavy atom. The molecule has 1 aromatic heterocycles. The van der Waals surface area contributed by atoms with Crippen LogP contribution in [0.5, 0.6) is 0 Å². The zero-order valence-corrected chi connectivity index (χ0v) is 13.5. The van der Waals surface area contributed by atoms with Crippen LogP contribution in [0.1, 0.15) is 11.5 Å². The van der Waals surface area contributed by atoms with E-state index in [4.69, 9.17) is 0 Å². The molecule has 0 aliphatic rings. The van der Waals surface area contributed by atoms with Gasteiger partial charge in [0, 0.05) is 9.37 Å². The largest absolute Gasteiger partial charge is 0.309 e. The smallest absolute Gasteiger partial charge is 0.265 e. The molecule has 0 spiro atoms. The van der Waals surface area contributed by atoms with Gasteiger partial charge in [0.1, 0.15) is 10.3 Å². The van der Waals surface area contributed by atoms with E-state index in [1.165, 1.54) is 0 Å². The second-order valence-electron chi connectivity index (χ2n) is 3.63. The second kappa shape index (κ2) is 6.04. The molecule has 1 N–H and O–H groups in total. The molecule has 2 aromatic rings. The standard InChI is InChI=1S/C12H10Br2N2OS/c1-7-11(14)12(17)16-10(15-7)6-18-9-5-3-2-4-8(9)13/h2-5H,6H2,1H3,(H,15,16,17). The Labute approximate surface area is 126 Å². The monoisotopic (exact) mass is 388 g/mol. The van der Waals surface area contributed by atoms with E-state index in [2.05, 4.69) is 41.8 Å². The lowest BCUT2D eigenvalue weighted by Crippen LogP contribution is -2.13. The van der Waals surface area contributed by atoms with E-state index in [0.717, 1.165) is 9.37 Å². The average molecular weight is 390 g/mol.